The van der Waals surface area contributed by atoms with Crippen LogP contribution in [0.25, 0.3) is 0 Å². The Labute approximate surface area is 109 Å². The number of benzene rings is 1. The Bertz CT molecular complexity index is 342. The maximum absolute atomic E-state index is 10.0. The SMILES string of the molecule is COCC(NC1CCCCC1O)c1ccccc1. The average molecular weight is 249 g/mol. The van der Waals surface area contributed by atoms with Gasteiger partial charge in [-0.3, -0.25) is 0 Å². The fraction of sp³-hybridized carbons (Fsp3) is 0.600. The minimum Gasteiger partial charge on any atom is -0.392 e. The Hall–Kier alpha value is -0.900. The van der Waals surface area contributed by atoms with Crippen LogP contribution in [-0.4, -0.2) is 31.0 Å². The van der Waals surface area contributed by atoms with Crippen LogP contribution in [0.1, 0.15) is 37.3 Å². The molecule has 0 aromatic heterocycles. The van der Waals surface area contributed by atoms with Gasteiger partial charge < -0.3 is 15.2 Å². The van der Waals surface area contributed by atoms with E-state index >= 15 is 0 Å². The fourth-order valence-corrected chi connectivity index (χ4v) is 2.66. The highest BCUT2D eigenvalue weighted by Crippen LogP contribution is 2.22. The van der Waals surface area contributed by atoms with Crippen LogP contribution < -0.4 is 5.32 Å². The van der Waals surface area contributed by atoms with Crippen LogP contribution in [0, 0.1) is 0 Å². The highest BCUT2D eigenvalue weighted by molar-refractivity contribution is 5.19. The predicted molar refractivity (Wildman–Crippen MR) is 72.5 cm³/mol. The van der Waals surface area contributed by atoms with Crippen molar-refractivity contribution in [3.63, 3.8) is 0 Å². The van der Waals surface area contributed by atoms with Gasteiger partial charge in [0.25, 0.3) is 0 Å². The predicted octanol–water partition coefficient (Wildman–Crippen LogP) is 2.27. The van der Waals surface area contributed by atoms with Crippen molar-refractivity contribution in [3.05, 3.63) is 35.9 Å². The molecular weight excluding hydrogens is 226 g/mol. The molecule has 1 aliphatic rings. The quantitative estimate of drug-likeness (QED) is 0.841. The third kappa shape index (κ3) is 3.55. The Kier molecular flexibility index (Phi) is 5.17. The third-order valence-electron chi connectivity index (χ3n) is 3.68. The molecule has 1 aromatic rings. The minimum atomic E-state index is -0.221. The molecule has 0 amide bonds. The van der Waals surface area contributed by atoms with Gasteiger partial charge in [-0.15, -0.1) is 0 Å². The zero-order chi connectivity index (χ0) is 12.8. The van der Waals surface area contributed by atoms with Gasteiger partial charge in [0.05, 0.1) is 18.8 Å². The van der Waals surface area contributed by atoms with E-state index in [0.29, 0.717) is 6.61 Å². The molecular formula is C15H23NO2. The van der Waals surface area contributed by atoms with Crippen molar-refractivity contribution >= 4 is 0 Å². The molecule has 3 atom stereocenters. The number of hydrogen-bond acceptors (Lipinski definition) is 3. The number of aliphatic hydroxyl groups excluding tert-OH is 1. The molecule has 3 heteroatoms. The van der Waals surface area contributed by atoms with E-state index in [1.54, 1.807) is 7.11 Å². The summed E-state index contributed by atoms with van der Waals surface area (Å²) in [5.41, 5.74) is 1.22. The Morgan fingerprint density at radius 3 is 2.67 bits per heavy atom. The van der Waals surface area contributed by atoms with E-state index in [0.717, 1.165) is 19.3 Å². The maximum Gasteiger partial charge on any atom is 0.0693 e. The van der Waals surface area contributed by atoms with E-state index < -0.39 is 0 Å². The molecule has 1 fully saturated rings. The van der Waals surface area contributed by atoms with Gasteiger partial charge in [-0.1, -0.05) is 43.2 Å². The van der Waals surface area contributed by atoms with Crippen molar-refractivity contribution in [3.8, 4) is 0 Å². The summed E-state index contributed by atoms with van der Waals surface area (Å²) in [6.07, 6.45) is 4.07. The van der Waals surface area contributed by atoms with Gasteiger partial charge in [-0.2, -0.15) is 0 Å². The number of aliphatic hydroxyl groups is 1. The lowest BCUT2D eigenvalue weighted by Crippen LogP contribution is -2.44. The lowest BCUT2D eigenvalue weighted by atomic mass is 9.91. The minimum absolute atomic E-state index is 0.161. The number of methoxy groups -OCH3 is 1. The Morgan fingerprint density at radius 1 is 1.28 bits per heavy atom. The molecule has 100 valence electrons. The van der Waals surface area contributed by atoms with Gasteiger partial charge >= 0.3 is 0 Å². The van der Waals surface area contributed by atoms with Crippen LogP contribution in [0.2, 0.25) is 0 Å². The first-order valence-corrected chi connectivity index (χ1v) is 6.79. The molecule has 0 aliphatic heterocycles. The molecule has 3 nitrogen and oxygen atoms in total. The Morgan fingerprint density at radius 2 is 2.00 bits per heavy atom. The van der Waals surface area contributed by atoms with E-state index in [1.807, 2.05) is 18.2 Å². The van der Waals surface area contributed by atoms with Crippen molar-refractivity contribution < 1.29 is 9.84 Å². The second-order valence-corrected chi connectivity index (χ2v) is 5.04. The van der Waals surface area contributed by atoms with Crippen LogP contribution >= 0.6 is 0 Å². The molecule has 1 saturated carbocycles. The van der Waals surface area contributed by atoms with Crippen molar-refractivity contribution in [2.75, 3.05) is 13.7 Å². The van der Waals surface area contributed by atoms with Gasteiger partial charge in [0, 0.05) is 13.2 Å². The summed E-state index contributed by atoms with van der Waals surface area (Å²) >= 11 is 0. The van der Waals surface area contributed by atoms with Gasteiger partial charge in [-0.05, 0) is 18.4 Å². The lowest BCUT2D eigenvalue weighted by Gasteiger charge is -2.32. The molecule has 0 saturated heterocycles. The maximum atomic E-state index is 10.0. The summed E-state index contributed by atoms with van der Waals surface area (Å²) in [5.74, 6) is 0. The number of ether oxygens (including phenoxy) is 1. The zero-order valence-corrected chi connectivity index (χ0v) is 11.0. The van der Waals surface area contributed by atoms with Crippen molar-refractivity contribution in [2.45, 2.75) is 43.9 Å². The van der Waals surface area contributed by atoms with E-state index in [2.05, 4.69) is 17.4 Å². The van der Waals surface area contributed by atoms with Crippen molar-refractivity contribution in [1.29, 1.82) is 0 Å². The first-order valence-electron chi connectivity index (χ1n) is 6.79. The molecule has 0 bridgehead atoms. The molecule has 2 rings (SSSR count). The van der Waals surface area contributed by atoms with E-state index in [9.17, 15) is 5.11 Å². The van der Waals surface area contributed by atoms with Crippen LogP contribution in [0.4, 0.5) is 0 Å². The highest BCUT2D eigenvalue weighted by Gasteiger charge is 2.25. The Balaban J connectivity index is 2.01. The summed E-state index contributed by atoms with van der Waals surface area (Å²) < 4.78 is 5.29. The van der Waals surface area contributed by atoms with Gasteiger partial charge in [0.1, 0.15) is 0 Å². The van der Waals surface area contributed by atoms with Crippen molar-refractivity contribution in [1.82, 2.24) is 5.32 Å². The molecule has 1 aromatic carbocycles. The lowest BCUT2D eigenvalue weighted by molar-refractivity contribution is 0.0730. The third-order valence-corrected chi connectivity index (χ3v) is 3.68. The molecule has 0 heterocycles. The summed E-state index contributed by atoms with van der Waals surface area (Å²) in [4.78, 5) is 0. The molecule has 2 N–H and O–H groups in total. The molecule has 3 unspecified atom stereocenters. The van der Waals surface area contributed by atoms with Gasteiger partial charge in [0.2, 0.25) is 0 Å². The van der Waals surface area contributed by atoms with Gasteiger partial charge in [-0.25, -0.2) is 0 Å². The van der Waals surface area contributed by atoms with Crippen LogP contribution in [-0.2, 0) is 4.74 Å². The number of rotatable bonds is 5. The highest BCUT2D eigenvalue weighted by atomic mass is 16.5. The average Bonchev–Trinajstić information content (AvgIpc) is 2.42. The second kappa shape index (κ2) is 6.88. The van der Waals surface area contributed by atoms with Crippen LogP contribution in [0.5, 0.6) is 0 Å². The topological polar surface area (TPSA) is 41.5 Å². The smallest absolute Gasteiger partial charge is 0.0693 e. The zero-order valence-electron chi connectivity index (χ0n) is 11.0. The molecule has 1 aliphatic carbocycles. The number of nitrogens with one attached hydrogen (secondary N) is 1. The van der Waals surface area contributed by atoms with Crippen molar-refractivity contribution in [2.24, 2.45) is 0 Å². The first kappa shape index (κ1) is 13.5. The standard InChI is InChI=1S/C15H23NO2/c1-18-11-14(12-7-3-2-4-8-12)16-13-9-5-6-10-15(13)17/h2-4,7-8,13-17H,5-6,9-11H2,1H3. The molecule has 18 heavy (non-hydrogen) atoms. The fourth-order valence-electron chi connectivity index (χ4n) is 2.66. The largest absolute Gasteiger partial charge is 0.392 e. The summed E-state index contributed by atoms with van der Waals surface area (Å²) in [5, 5.41) is 13.6. The normalized spacial score (nSPS) is 25.9. The van der Waals surface area contributed by atoms with Crippen LogP contribution in [0.3, 0.4) is 0 Å². The molecule has 0 spiro atoms. The second-order valence-electron chi connectivity index (χ2n) is 5.04. The monoisotopic (exact) mass is 249 g/mol. The van der Waals surface area contributed by atoms with E-state index in [4.69, 9.17) is 4.74 Å². The summed E-state index contributed by atoms with van der Waals surface area (Å²) in [6.45, 7) is 0.632. The number of hydrogen-bond donors (Lipinski definition) is 2. The van der Waals surface area contributed by atoms with Crippen LogP contribution in [0.15, 0.2) is 30.3 Å². The first-order chi connectivity index (χ1) is 8.81. The van der Waals surface area contributed by atoms with Gasteiger partial charge in [0.15, 0.2) is 0 Å². The summed E-state index contributed by atoms with van der Waals surface area (Å²) in [7, 11) is 1.72. The summed E-state index contributed by atoms with van der Waals surface area (Å²) in [6, 6.07) is 10.7. The molecule has 0 radical (unpaired) electrons. The van der Waals surface area contributed by atoms with E-state index in [-0.39, 0.29) is 18.2 Å². The van der Waals surface area contributed by atoms with E-state index in [1.165, 1.54) is 12.0 Å².